The highest BCUT2D eigenvalue weighted by Crippen LogP contribution is 2.38. The molecule has 5 aliphatic rings. The molecule has 1 nitrogen and oxygen atoms in total. The van der Waals surface area contributed by atoms with E-state index >= 15 is 0 Å². The Kier molecular flexibility index (Phi) is 6.04. The lowest BCUT2D eigenvalue weighted by Crippen LogP contribution is -2.16. The largest absolute Gasteiger partial charge is 0.388 e. The number of aliphatic hydroxyl groups is 1. The van der Waals surface area contributed by atoms with Gasteiger partial charge in [-0.3, -0.25) is 0 Å². The van der Waals surface area contributed by atoms with Crippen LogP contribution in [-0.4, -0.2) is 11.2 Å². The van der Waals surface area contributed by atoms with Crippen LogP contribution in [0.4, 0.5) is 0 Å². The predicted octanol–water partition coefficient (Wildman–Crippen LogP) is 7.47. The molecule has 0 radical (unpaired) electrons. The summed E-state index contributed by atoms with van der Waals surface area (Å²) in [5, 5.41) is 10.9. The Hall–Kier alpha value is -3.16. The van der Waals surface area contributed by atoms with Gasteiger partial charge in [0, 0.05) is 11.8 Å². The zero-order valence-electron chi connectivity index (χ0n) is 20.4. The van der Waals surface area contributed by atoms with Crippen molar-refractivity contribution in [2.45, 2.75) is 44.6 Å². The summed E-state index contributed by atoms with van der Waals surface area (Å²) in [5.41, 5.74) is 10.6. The Balaban J connectivity index is 1.06. The van der Waals surface area contributed by atoms with E-state index < -0.39 is 6.10 Å². The molecule has 0 saturated heterocycles. The van der Waals surface area contributed by atoms with E-state index in [-0.39, 0.29) is 5.92 Å². The molecule has 0 saturated carbocycles. The summed E-state index contributed by atoms with van der Waals surface area (Å²) in [6.07, 6.45) is 30.6. The average Bonchev–Trinajstić information content (AvgIpc) is 3.29. The third kappa shape index (κ3) is 4.70. The topological polar surface area (TPSA) is 20.2 Å². The molecule has 4 atom stereocenters. The molecular weight excluding hydrogens is 424 g/mol. The summed E-state index contributed by atoms with van der Waals surface area (Å²) in [7, 11) is 0. The number of aliphatic hydroxyl groups excluding tert-OH is 1. The lowest BCUT2D eigenvalue weighted by Gasteiger charge is -2.26. The molecule has 4 unspecified atom stereocenters. The molecule has 6 rings (SSSR count). The zero-order valence-corrected chi connectivity index (χ0v) is 20.4. The van der Waals surface area contributed by atoms with Gasteiger partial charge in [0.2, 0.25) is 0 Å². The van der Waals surface area contributed by atoms with Gasteiger partial charge in [0.25, 0.3) is 0 Å². The minimum absolute atomic E-state index is 0.262. The molecule has 176 valence electrons. The second-order valence-corrected chi connectivity index (χ2v) is 10.7. The zero-order chi connectivity index (χ0) is 23.8. The first kappa shape index (κ1) is 22.3. The SMILES string of the molecule is C=C1C=C(C(O)CCC2=CC3C=C(CC4CCc5ccccc5C4)C=CC3=C2)C=C2C=CC=CC12. The maximum absolute atomic E-state index is 10.9. The lowest BCUT2D eigenvalue weighted by atomic mass is 9.79. The molecule has 0 spiro atoms. The fourth-order valence-electron chi connectivity index (χ4n) is 6.28. The minimum atomic E-state index is -0.461. The van der Waals surface area contributed by atoms with Crippen LogP contribution in [0.15, 0.2) is 131 Å². The van der Waals surface area contributed by atoms with Gasteiger partial charge in [-0.1, -0.05) is 109 Å². The predicted molar refractivity (Wildman–Crippen MR) is 146 cm³/mol. The maximum atomic E-state index is 10.9. The Bertz CT molecular complexity index is 1290. The van der Waals surface area contributed by atoms with Crippen molar-refractivity contribution < 1.29 is 5.11 Å². The number of aryl methyl sites for hydroxylation is 1. The molecule has 5 aliphatic carbocycles. The number of fused-ring (bicyclic) bond motifs is 3. The molecule has 35 heavy (non-hydrogen) atoms. The van der Waals surface area contributed by atoms with Crippen LogP contribution in [0.2, 0.25) is 0 Å². The third-order valence-corrected chi connectivity index (χ3v) is 8.23. The third-order valence-electron chi connectivity index (χ3n) is 8.23. The van der Waals surface area contributed by atoms with Gasteiger partial charge in [-0.15, -0.1) is 0 Å². The Morgan fingerprint density at radius 2 is 1.77 bits per heavy atom. The number of hydrogen-bond acceptors (Lipinski definition) is 1. The second-order valence-electron chi connectivity index (χ2n) is 10.7. The van der Waals surface area contributed by atoms with Crippen molar-refractivity contribution in [2.75, 3.05) is 0 Å². The van der Waals surface area contributed by atoms with E-state index in [9.17, 15) is 5.11 Å². The molecule has 0 heterocycles. The van der Waals surface area contributed by atoms with Crippen LogP contribution in [0.5, 0.6) is 0 Å². The second kappa shape index (κ2) is 9.47. The molecule has 0 fully saturated rings. The summed E-state index contributed by atoms with van der Waals surface area (Å²) < 4.78 is 0. The first-order valence-electron chi connectivity index (χ1n) is 13.1. The van der Waals surface area contributed by atoms with Crippen molar-refractivity contribution in [3.63, 3.8) is 0 Å². The van der Waals surface area contributed by atoms with Crippen LogP contribution in [0.25, 0.3) is 0 Å². The van der Waals surface area contributed by atoms with E-state index in [0.717, 1.165) is 29.9 Å². The molecular formula is C34H34O. The lowest BCUT2D eigenvalue weighted by molar-refractivity contribution is 0.204. The van der Waals surface area contributed by atoms with Crippen LogP contribution in [0.1, 0.15) is 36.8 Å². The first-order chi connectivity index (χ1) is 17.1. The quantitative estimate of drug-likeness (QED) is 0.469. The number of allylic oxidation sites excluding steroid dienone is 15. The molecule has 0 aromatic heterocycles. The van der Waals surface area contributed by atoms with Crippen LogP contribution in [-0.2, 0) is 12.8 Å². The van der Waals surface area contributed by atoms with Gasteiger partial charge in [-0.05, 0) is 77.9 Å². The van der Waals surface area contributed by atoms with Gasteiger partial charge in [0.15, 0.2) is 0 Å². The van der Waals surface area contributed by atoms with E-state index in [2.05, 4.69) is 97.7 Å². The summed E-state index contributed by atoms with van der Waals surface area (Å²) in [6, 6.07) is 8.95. The minimum Gasteiger partial charge on any atom is -0.388 e. The summed E-state index contributed by atoms with van der Waals surface area (Å²) in [6.45, 7) is 4.23. The van der Waals surface area contributed by atoms with Crippen molar-refractivity contribution in [1.82, 2.24) is 0 Å². The molecule has 0 aliphatic heterocycles. The summed E-state index contributed by atoms with van der Waals surface area (Å²) >= 11 is 0. The van der Waals surface area contributed by atoms with E-state index in [1.54, 1.807) is 11.1 Å². The fraction of sp³-hybridized carbons (Fsp3) is 0.294. The van der Waals surface area contributed by atoms with Gasteiger partial charge in [-0.2, -0.15) is 0 Å². The maximum Gasteiger partial charge on any atom is 0.0793 e. The number of rotatable bonds is 6. The molecule has 1 N–H and O–H groups in total. The highest BCUT2D eigenvalue weighted by Gasteiger charge is 2.24. The molecule has 0 amide bonds. The van der Waals surface area contributed by atoms with E-state index in [4.69, 9.17) is 0 Å². The average molecular weight is 459 g/mol. The van der Waals surface area contributed by atoms with E-state index in [0.29, 0.717) is 5.92 Å². The fourth-order valence-corrected chi connectivity index (χ4v) is 6.28. The van der Waals surface area contributed by atoms with Gasteiger partial charge < -0.3 is 5.11 Å². The van der Waals surface area contributed by atoms with Crippen LogP contribution >= 0.6 is 0 Å². The molecule has 1 heteroatoms. The van der Waals surface area contributed by atoms with Crippen molar-refractivity contribution in [3.05, 3.63) is 142 Å². The first-order valence-corrected chi connectivity index (χ1v) is 13.1. The Labute approximate surface area is 209 Å². The van der Waals surface area contributed by atoms with Gasteiger partial charge >= 0.3 is 0 Å². The van der Waals surface area contributed by atoms with E-state index in [1.165, 1.54) is 48.0 Å². The Morgan fingerprint density at radius 3 is 2.69 bits per heavy atom. The van der Waals surface area contributed by atoms with Crippen molar-refractivity contribution >= 4 is 0 Å². The monoisotopic (exact) mass is 458 g/mol. The highest BCUT2D eigenvalue weighted by molar-refractivity contribution is 5.53. The van der Waals surface area contributed by atoms with Gasteiger partial charge in [0.1, 0.15) is 0 Å². The van der Waals surface area contributed by atoms with Crippen molar-refractivity contribution in [1.29, 1.82) is 0 Å². The van der Waals surface area contributed by atoms with Crippen LogP contribution < -0.4 is 0 Å². The smallest absolute Gasteiger partial charge is 0.0793 e. The Morgan fingerprint density at radius 1 is 0.914 bits per heavy atom. The molecule has 1 aromatic carbocycles. The van der Waals surface area contributed by atoms with Crippen LogP contribution in [0, 0.1) is 17.8 Å². The molecule has 0 bridgehead atoms. The summed E-state index contributed by atoms with van der Waals surface area (Å²) in [5.74, 6) is 1.40. The van der Waals surface area contributed by atoms with Crippen molar-refractivity contribution in [3.8, 4) is 0 Å². The van der Waals surface area contributed by atoms with Gasteiger partial charge in [-0.25, -0.2) is 0 Å². The highest BCUT2D eigenvalue weighted by atomic mass is 16.3. The van der Waals surface area contributed by atoms with E-state index in [1.807, 2.05) is 0 Å². The normalized spacial score (nSPS) is 27.2. The molecule has 1 aromatic rings. The van der Waals surface area contributed by atoms with Crippen molar-refractivity contribution in [2.24, 2.45) is 17.8 Å². The van der Waals surface area contributed by atoms with Crippen LogP contribution in [0.3, 0.4) is 0 Å². The number of hydrogen-bond donors (Lipinski definition) is 1. The van der Waals surface area contributed by atoms with Gasteiger partial charge in [0.05, 0.1) is 6.10 Å². The summed E-state index contributed by atoms with van der Waals surface area (Å²) in [4.78, 5) is 0. The standard InChI is InChI=1S/C34H34O/c1-23-16-32(22-30-8-4-5-9-33(23)30)34(35)15-12-26-19-29-14-11-25(20-31(29)21-26)17-24-10-13-27-6-2-3-7-28(27)18-24/h2-9,11,14,16,19-22,24,31,33-35H,1,10,12-13,15,17-18H2. The number of benzene rings is 1.